The first kappa shape index (κ1) is 106. The molecule has 0 bridgehead atoms. The van der Waals surface area contributed by atoms with Crippen molar-refractivity contribution >= 4 is 40.8 Å². The Kier molecular flexibility index (Phi) is 71.0. The Bertz CT molecular complexity index is 2930. The number of hydrogen-bond donors (Lipinski definition) is 0. The maximum atomic E-state index is 15.6. The maximum Gasteiger partial charge on any atom is 0.311 e. The molecule has 0 unspecified atom stereocenters. The lowest BCUT2D eigenvalue weighted by Crippen LogP contribution is -2.18. The lowest BCUT2D eigenvalue weighted by molar-refractivity contribution is -0.137. The molecule has 0 aliphatic heterocycles. The highest BCUT2D eigenvalue weighted by molar-refractivity contribution is 5.92. The van der Waals surface area contributed by atoms with Crippen molar-refractivity contribution in [1.29, 1.82) is 0 Å². The molecule has 1 aromatic heterocycles. The van der Waals surface area contributed by atoms with Crippen molar-refractivity contribution in [2.75, 3.05) is 0 Å². The monoisotopic (exact) mass is 1630 g/mol. The van der Waals surface area contributed by atoms with Crippen LogP contribution in [0, 0.1) is 0 Å². The zero-order valence-electron chi connectivity index (χ0n) is 76.9. The van der Waals surface area contributed by atoms with Gasteiger partial charge in [-0.25, -0.2) is 0 Å². The minimum Gasteiger partial charge on any atom is -0.452 e. The number of carbonyl (C=O) groups is 5. The Morgan fingerprint density at radius 1 is 0.231 bits per heavy atom. The van der Waals surface area contributed by atoms with E-state index in [9.17, 15) is 24.0 Å². The fourth-order valence-electron chi connectivity index (χ4n) is 16.6. The largest absolute Gasteiger partial charge is 0.452 e. The molecular weight excluding hydrogens is 1450 g/mol. The predicted octanol–water partition coefficient (Wildman–Crippen LogP) is 34.3. The molecule has 0 aliphatic carbocycles. The molecule has 0 aliphatic rings. The molecule has 0 radical (unpaired) electrons. The van der Waals surface area contributed by atoms with Crippen LogP contribution in [0.5, 0.6) is 28.7 Å². The number of carbonyl (C=O) groups excluding carboxylic acids is 5. The minimum atomic E-state index is -0.771. The van der Waals surface area contributed by atoms with Crippen molar-refractivity contribution in [3.05, 3.63) is 40.6 Å². The SMILES string of the molecule is CCCCCCCCCCCCCCCCCC(=O)Oc1cc(OC(=O)CCCCCCCCCCCCCCCCC)c2c(=O)c(OC(=O)CCCCCCCCCCCCCCCCC)c(-c3ccc(OC(=O)CCCCCCCCCCCCCCCCC)c(OC(=O)CCCCCCCCCCCCCCCCC)c3)oc2c1. The number of hydrogen-bond acceptors (Lipinski definition) is 12. The first-order chi connectivity index (χ1) is 57.5. The number of unbranched alkanes of at least 4 members (excludes halogenated alkanes) is 70. The molecule has 672 valence electrons. The molecule has 12 nitrogen and oxygen atoms in total. The molecule has 0 fully saturated rings. The molecule has 0 amide bonds. The van der Waals surface area contributed by atoms with Crippen molar-refractivity contribution < 1.29 is 52.1 Å². The van der Waals surface area contributed by atoms with Gasteiger partial charge in [-0.3, -0.25) is 28.8 Å². The first-order valence-electron chi connectivity index (χ1n) is 50.9. The first-order valence-corrected chi connectivity index (χ1v) is 50.9. The van der Waals surface area contributed by atoms with Crippen LogP contribution in [-0.4, -0.2) is 29.8 Å². The summed E-state index contributed by atoms with van der Waals surface area (Å²) in [5.41, 5.74) is -0.648. The Morgan fingerprint density at radius 2 is 0.444 bits per heavy atom. The van der Waals surface area contributed by atoms with Crippen LogP contribution in [0.1, 0.15) is 548 Å². The van der Waals surface area contributed by atoms with Crippen molar-refractivity contribution in [3.8, 4) is 40.1 Å². The van der Waals surface area contributed by atoms with Crippen molar-refractivity contribution in [2.45, 2.75) is 548 Å². The molecule has 0 spiro atoms. The van der Waals surface area contributed by atoms with Crippen LogP contribution in [0.25, 0.3) is 22.3 Å². The summed E-state index contributed by atoms with van der Waals surface area (Å²) in [5, 5.41) is -0.153. The maximum absolute atomic E-state index is 15.6. The smallest absolute Gasteiger partial charge is 0.311 e. The molecule has 3 rings (SSSR count). The van der Waals surface area contributed by atoms with Gasteiger partial charge < -0.3 is 28.1 Å². The van der Waals surface area contributed by atoms with E-state index in [-0.39, 0.29) is 77.4 Å². The van der Waals surface area contributed by atoms with Gasteiger partial charge in [0.2, 0.25) is 11.2 Å². The fourth-order valence-corrected chi connectivity index (χ4v) is 16.6. The predicted molar refractivity (Wildman–Crippen MR) is 494 cm³/mol. The van der Waals surface area contributed by atoms with E-state index in [0.29, 0.717) is 32.1 Å². The van der Waals surface area contributed by atoms with Gasteiger partial charge in [0.05, 0.1) is 0 Å². The quantitative estimate of drug-likeness (QED) is 0.0299. The van der Waals surface area contributed by atoms with E-state index in [4.69, 9.17) is 28.1 Å². The van der Waals surface area contributed by atoms with E-state index in [1.165, 1.54) is 371 Å². The fraction of sp³-hybridized carbons (Fsp3) is 0.810. The average Bonchev–Trinajstić information content (AvgIpc) is 0.753. The summed E-state index contributed by atoms with van der Waals surface area (Å²) in [5.74, 6) is -3.34. The highest BCUT2D eigenvalue weighted by Crippen LogP contribution is 2.41. The van der Waals surface area contributed by atoms with E-state index in [0.717, 1.165) is 103 Å². The average molecular weight is 1630 g/mol. The van der Waals surface area contributed by atoms with Crippen molar-refractivity contribution in [1.82, 2.24) is 0 Å². The molecule has 0 saturated carbocycles. The second-order valence-electron chi connectivity index (χ2n) is 35.4. The topological polar surface area (TPSA) is 162 Å². The van der Waals surface area contributed by atoms with E-state index < -0.39 is 41.0 Å². The normalized spacial score (nSPS) is 11.5. The summed E-state index contributed by atoms with van der Waals surface area (Å²) in [6.07, 6.45) is 90.3. The van der Waals surface area contributed by atoms with Gasteiger partial charge in [-0.2, -0.15) is 0 Å². The zero-order valence-corrected chi connectivity index (χ0v) is 76.9. The Labute approximate surface area is 717 Å². The van der Waals surface area contributed by atoms with Crippen LogP contribution in [0.2, 0.25) is 0 Å². The number of ether oxygens (including phenoxy) is 5. The Hall–Kier alpha value is -5.00. The number of esters is 5. The number of rotatable bonds is 86. The van der Waals surface area contributed by atoms with Gasteiger partial charge in [0.25, 0.3) is 0 Å². The standard InChI is InChI=1S/C105H180O12/c1-6-11-16-21-26-31-36-41-46-51-56-61-66-71-76-81-97(106)112-92-89-95(115-100(109)84-79-74-69-64-59-54-49-44-39-34-29-24-19-14-9-4)102-96(90-92)116-104(105(103(102)111)117-101(110)85-80-75-70-65-60-55-50-45-40-35-30-25-20-15-10-5)91-86-87-93(113-98(107)82-77-72-67-62-57-52-47-42-37-32-27-22-17-12-7-2)94(88-91)114-99(108)83-78-73-68-63-58-53-48-43-38-33-28-23-18-13-8-3/h86-90H,6-85H2,1-5H3. The summed E-state index contributed by atoms with van der Waals surface area (Å²) in [7, 11) is 0. The highest BCUT2D eigenvalue weighted by atomic mass is 16.6. The van der Waals surface area contributed by atoms with Crippen molar-refractivity contribution in [2.24, 2.45) is 0 Å². The van der Waals surface area contributed by atoms with Gasteiger partial charge in [-0.05, 0) is 50.3 Å². The van der Waals surface area contributed by atoms with E-state index in [1.54, 1.807) is 6.07 Å². The van der Waals surface area contributed by atoms with Crippen LogP contribution in [-0.2, 0) is 24.0 Å². The molecule has 3 aromatic rings. The van der Waals surface area contributed by atoms with Crippen LogP contribution < -0.4 is 29.1 Å². The third-order valence-electron chi connectivity index (χ3n) is 24.1. The lowest BCUT2D eigenvalue weighted by atomic mass is 10.0. The minimum absolute atomic E-state index is 0.0278. The van der Waals surface area contributed by atoms with Crippen LogP contribution >= 0.6 is 0 Å². The van der Waals surface area contributed by atoms with Gasteiger partial charge in [-0.1, -0.05) is 484 Å². The molecular formula is C105H180O12. The third-order valence-corrected chi connectivity index (χ3v) is 24.1. The van der Waals surface area contributed by atoms with Gasteiger partial charge in [-0.15, -0.1) is 0 Å². The van der Waals surface area contributed by atoms with E-state index >= 15 is 4.79 Å². The zero-order chi connectivity index (χ0) is 84.0. The molecule has 0 atom stereocenters. The van der Waals surface area contributed by atoms with Gasteiger partial charge in [0.1, 0.15) is 22.5 Å². The number of benzene rings is 2. The van der Waals surface area contributed by atoms with E-state index in [2.05, 4.69) is 34.6 Å². The summed E-state index contributed by atoms with van der Waals surface area (Å²) in [4.78, 5) is 85.6. The summed E-state index contributed by atoms with van der Waals surface area (Å²) < 4.78 is 37.5. The summed E-state index contributed by atoms with van der Waals surface area (Å²) in [6, 6.07) is 7.47. The summed E-state index contributed by atoms with van der Waals surface area (Å²) in [6.45, 7) is 11.3. The highest BCUT2D eigenvalue weighted by Gasteiger charge is 2.27. The van der Waals surface area contributed by atoms with Crippen molar-refractivity contribution in [3.63, 3.8) is 0 Å². The molecule has 0 N–H and O–H groups in total. The Balaban J connectivity index is 1.95. The van der Waals surface area contributed by atoms with Crippen LogP contribution in [0.15, 0.2) is 39.5 Å². The third kappa shape index (κ3) is 59.4. The Morgan fingerprint density at radius 3 is 0.701 bits per heavy atom. The number of fused-ring (bicyclic) bond motifs is 1. The molecule has 0 saturated heterocycles. The second-order valence-corrected chi connectivity index (χ2v) is 35.4. The lowest BCUT2D eigenvalue weighted by Gasteiger charge is -2.16. The van der Waals surface area contributed by atoms with E-state index in [1.807, 2.05) is 0 Å². The second kappa shape index (κ2) is 78.3. The van der Waals surface area contributed by atoms with Crippen LogP contribution in [0.3, 0.4) is 0 Å². The van der Waals surface area contributed by atoms with Gasteiger partial charge >= 0.3 is 29.8 Å². The van der Waals surface area contributed by atoms with Gasteiger partial charge in [0, 0.05) is 49.8 Å². The molecule has 12 heteroatoms. The molecule has 1 heterocycles. The van der Waals surface area contributed by atoms with Gasteiger partial charge in [0.15, 0.2) is 17.3 Å². The van der Waals surface area contributed by atoms with Crippen LogP contribution in [0.4, 0.5) is 0 Å². The summed E-state index contributed by atoms with van der Waals surface area (Å²) >= 11 is 0. The molecule has 2 aromatic carbocycles. The molecule has 117 heavy (non-hydrogen) atoms.